The molecular formula is C14H19N3O3. The van der Waals surface area contributed by atoms with Gasteiger partial charge in [-0.15, -0.1) is 0 Å². The van der Waals surface area contributed by atoms with E-state index in [0.29, 0.717) is 0 Å². The van der Waals surface area contributed by atoms with E-state index in [1.807, 2.05) is 18.7 Å². The normalized spacial score (nSPS) is 22.8. The first-order valence-corrected chi connectivity index (χ1v) is 6.68. The Morgan fingerprint density at radius 1 is 1.20 bits per heavy atom. The first-order valence-electron chi connectivity index (χ1n) is 6.68. The van der Waals surface area contributed by atoms with Crippen molar-refractivity contribution in [1.82, 2.24) is 4.90 Å². The zero-order valence-electron chi connectivity index (χ0n) is 11.9. The van der Waals surface area contributed by atoms with Crippen molar-refractivity contribution >= 4 is 17.3 Å². The predicted octanol–water partition coefficient (Wildman–Crippen LogP) is 2.04. The van der Waals surface area contributed by atoms with Gasteiger partial charge in [-0.25, -0.2) is 0 Å². The maximum absolute atomic E-state index is 11.6. The van der Waals surface area contributed by atoms with Crippen LogP contribution in [-0.4, -0.2) is 40.9 Å². The van der Waals surface area contributed by atoms with E-state index in [2.05, 4.69) is 4.90 Å². The van der Waals surface area contributed by atoms with Gasteiger partial charge in [0.05, 0.1) is 4.92 Å². The molecular weight excluding hydrogens is 258 g/mol. The summed E-state index contributed by atoms with van der Waals surface area (Å²) in [5.74, 6) is 0.0911. The average Bonchev–Trinajstić information content (AvgIpc) is 2.37. The Bertz CT molecular complexity index is 503. The molecule has 0 radical (unpaired) electrons. The summed E-state index contributed by atoms with van der Waals surface area (Å²) in [6, 6.07) is 6.82. The third kappa shape index (κ3) is 2.74. The number of carbonyl (C=O) groups excluding carboxylic acids is 1. The minimum Gasteiger partial charge on any atom is -0.367 e. The fraction of sp³-hybridized carbons (Fsp3) is 0.500. The second-order valence-corrected chi connectivity index (χ2v) is 5.30. The topological polar surface area (TPSA) is 66.7 Å². The van der Waals surface area contributed by atoms with Gasteiger partial charge in [0.2, 0.25) is 5.91 Å². The number of nitro benzene ring substituents is 1. The highest BCUT2D eigenvalue weighted by Gasteiger charge is 2.31. The molecule has 1 heterocycles. The van der Waals surface area contributed by atoms with E-state index >= 15 is 0 Å². The summed E-state index contributed by atoms with van der Waals surface area (Å²) in [7, 11) is 0. The molecule has 0 N–H and O–H groups in total. The van der Waals surface area contributed by atoms with Crippen molar-refractivity contribution in [3.63, 3.8) is 0 Å². The summed E-state index contributed by atoms with van der Waals surface area (Å²) >= 11 is 0. The van der Waals surface area contributed by atoms with Gasteiger partial charge in [-0.05, 0) is 26.0 Å². The number of hydrogen-bond donors (Lipinski definition) is 0. The molecule has 1 fully saturated rings. The Balaban J connectivity index is 2.15. The summed E-state index contributed by atoms with van der Waals surface area (Å²) in [4.78, 5) is 25.9. The molecule has 0 aliphatic carbocycles. The lowest BCUT2D eigenvalue weighted by molar-refractivity contribution is -0.384. The smallest absolute Gasteiger partial charge is 0.269 e. The molecule has 2 atom stereocenters. The molecule has 1 aliphatic heterocycles. The van der Waals surface area contributed by atoms with Crippen LogP contribution in [0, 0.1) is 10.1 Å². The summed E-state index contributed by atoms with van der Waals surface area (Å²) in [5, 5.41) is 10.7. The molecule has 108 valence electrons. The van der Waals surface area contributed by atoms with Gasteiger partial charge in [-0.3, -0.25) is 14.9 Å². The molecule has 6 nitrogen and oxygen atoms in total. The van der Waals surface area contributed by atoms with E-state index < -0.39 is 4.92 Å². The van der Waals surface area contributed by atoms with E-state index in [-0.39, 0.29) is 23.7 Å². The van der Waals surface area contributed by atoms with E-state index in [1.54, 1.807) is 19.1 Å². The molecule has 20 heavy (non-hydrogen) atoms. The van der Waals surface area contributed by atoms with Crippen LogP contribution in [0.25, 0.3) is 0 Å². The third-order valence-corrected chi connectivity index (χ3v) is 3.71. The van der Waals surface area contributed by atoms with Gasteiger partial charge in [0.1, 0.15) is 0 Å². The van der Waals surface area contributed by atoms with Crippen molar-refractivity contribution in [1.29, 1.82) is 0 Å². The quantitative estimate of drug-likeness (QED) is 0.613. The number of anilines is 1. The van der Waals surface area contributed by atoms with Gasteiger partial charge in [0, 0.05) is 49.9 Å². The van der Waals surface area contributed by atoms with Crippen molar-refractivity contribution in [3.05, 3.63) is 34.4 Å². The Morgan fingerprint density at radius 2 is 1.70 bits per heavy atom. The highest BCUT2D eigenvalue weighted by molar-refractivity contribution is 5.74. The first-order chi connectivity index (χ1) is 9.40. The van der Waals surface area contributed by atoms with Crippen molar-refractivity contribution in [3.8, 4) is 0 Å². The van der Waals surface area contributed by atoms with Crippen LogP contribution in [0.1, 0.15) is 20.8 Å². The zero-order chi connectivity index (χ0) is 14.9. The minimum atomic E-state index is -0.400. The number of non-ortho nitro benzene ring substituents is 1. The number of piperazine rings is 1. The third-order valence-electron chi connectivity index (χ3n) is 3.71. The van der Waals surface area contributed by atoms with Crippen molar-refractivity contribution in [2.75, 3.05) is 18.0 Å². The van der Waals surface area contributed by atoms with Gasteiger partial charge >= 0.3 is 0 Å². The number of amides is 1. The van der Waals surface area contributed by atoms with Crippen LogP contribution < -0.4 is 4.90 Å². The molecule has 2 unspecified atom stereocenters. The Hall–Kier alpha value is -2.11. The van der Waals surface area contributed by atoms with E-state index in [9.17, 15) is 14.9 Å². The van der Waals surface area contributed by atoms with Gasteiger partial charge in [-0.1, -0.05) is 0 Å². The number of nitro groups is 1. The van der Waals surface area contributed by atoms with Crippen LogP contribution >= 0.6 is 0 Å². The average molecular weight is 277 g/mol. The molecule has 6 heteroatoms. The number of hydrogen-bond acceptors (Lipinski definition) is 4. The second-order valence-electron chi connectivity index (χ2n) is 5.30. The molecule has 0 saturated carbocycles. The molecule has 0 spiro atoms. The fourth-order valence-electron chi connectivity index (χ4n) is 2.94. The van der Waals surface area contributed by atoms with Crippen LogP contribution in [0.15, 0.2) is 24.3 Å². The standard InChI is InChI=1S/C14H19N3O3/c1-10-8-15(9-11(2)16(10)12(3)18)13-4-6-14(7-5-13)17(19)20/h4-7,10-11H,8-9H2,1-3H3. The van der Waals surface area contributed by atoms with Gasteiger partial charge in [0.25, 0.3) is 5.69 Å². The van der Waals surface area contributed by atoms with Crippen molar-refractivity contribution in [2.45, 2.75) is 32.9 Å². The number of nitrogens with zero attached hydrogens (tertiary/aromatic N) is 3. The fourth-order valence-corrected chi connectivity index (χ4v) is 2.94. The molecule has 1 aliphatic rings. The Morgan fingerprint density at radius 3 is 2.10 bits per heavy atom. The lowest BCUT2D eigenvalue weighted by atomic mass is 10.1. The SMILES string of the molecule is CC(=O)N1C(C)CN(c2ccc([N+](=O)[O-])cc2)CC1C. The van der Waals surface area contributed by atoms with Crippen molar-refractivity contribution in [2.24, 2.45) is 0 Å². The summed E-state index contributed by atoms with van der Waals surface area (Å²) in [6.07, 6.45) is 0. The highest BCUT2D eigenvalue weighted by Crippen LogP contribution is 2.24. The van der Waals surface area contributed by atoms with E-state index in [1.165, 1.54) is 12.1 Å². The minimum absolute atomic E-state index is 0.0911. The lowest BCUT2D eigenvalue weighted by Crippen LogP contribution is -2.58. The molecule has 1 aromatic rings. The Labute approximate surface area is 118 Å². The maximum atomic E-state index is 11.6. The Kier molecular flexibility index (Phi) is 3.92. The molecule has 2 rings (SSSR count). The van der Waals surface area contributed by atoms with Gasteiger partial charge < -0.3 is 9.80 Å². The monoisotopic (exact) mass is 277 g/mol. The van der Waals surface area contributed by atoms with Crippen LogP contribution in [0.2, 0.25) is 0 Å². The first kappa shape index (κ1) is 14.3. The molecule has 0 bridgehead atoms. The van der Waals surface area contributed by atoms with Crippen LogP contribution in [0.3, 0.4) is 0 Å². The van der Waals surface area contributed by atoms with Crippen LogP contribution in [0.4, 0.5) is 11.4 Å². The van der Waals surface area contributed by atoms with E-state index in [0.717, 1.165) is 18.8 Å². The molecule has 1 aromatic carbocycles. The zero-order valence-corrected chi connectivity index (χ0v) is 11.9. The summed E-state index contributed by atoms with van der Waals surface area (Å²) < 4.78 is 0. The highest BCUT2D eigenvalue weighted by atomic mass is 16.6. The number of carbonyl (C=O) groups is 1. The summed E-state index contributed by atoms with van der Waals surface area (Å²) in [6.45, 7) is 7.11. The van der Waals surface area contributed by atoms with Gasteiger partial charge in [-0.2, -0.15) is 0 Å². The molecule has 0 aromatic heterocycles. The summed E-state index contributed by atoms with van der Waals surface area (Å²) in [5.41, 5.74) is 1.05. The largest absolute Gasteiger partial charge is 0.367 e. The van der Waals surface area contributed by atoms with Gasteiger partial charge in [0.15, 0.2) is 0 Å². The molecule has 1 amide bonds. The second kappa shape index (κ2) is 5.48. The van der Waals surface area contributed by atoms with Crippen LogP contribution in [0.5, 0.6) is 0 Å². The maximum Gasteiger partial charge on any atom is 0.269 e. The van der Waals surface area contributed by atoms with E-state index in [4.69, 9.17) is 0 Å². The predicted molar refractivity (Wildman–Crippen MR) is 76.8 cm³/mol. The van der Waals surface area contributed by atoms with Crippen LogP contribution in [-0.2, 0) is 4.79 Å². The van der Waals surface area contributed by atoms with Crippen molar-refractivity contribution < 1.29 is 9.72 Å². The lowest BCUT2D eigenvalue weighted by Gasteiger charge is -2.45. The number of rotatable bonds is 2. The molecule has 1 saturated heterocycles. The number of benzene rings is 1.